The minimum Gasteiger partial charge on any atom is -0.378 e. The first-order valence-corrected chi connectivity index (χ1v) is 11.1. The number of amides is 1. The summed E-state index contributed by atoms with van der Waals surface area (Å²) >= 11 is 0. The van der Waals surface area contributed by atoms with Gasteiger partial charge in [0.15, 0.2) is 0 Å². The second kappa shape index (κ2) is 10.1. The summed E-state index contributed by atoms with van der Waals surface area (Å²) in [6.45, 7) is -0.528. The molecule has 1 N–H and O–H groups in total. The van der Waals surface area contributed by atoms with Crippen LogP contribution in [0.3, 0.4) is 0 Å². The van der Waals surface area contributed by atoms with Crippen LogP contribution in [0.4, 0.5) is 15.8 Å². The molecule has 0 heterocycles. The maximum Gasteiger partial charge on any atom is 0.264 e. The van der Waals surface area contributed by atoms with E-state index in [-0.39, 0.29) is 10.6 Å². The lowest BCUT2D eigenvalue weighted by atomic mass is 10.2. The summed E-state index contributed by atoms with van der Waals surface area (Å²) in [7, 11) is -0.198. The van der Waals surface area contributed by atoms with Crippen molar-refractivity contribution in [3.05, 3.63) is 90.2 Å². The van der Waals surface area contributed by atoms with Gasteiger partial charge in [-0.2, -0.15) is 5.10 Å². The predicted octanol–water partition coefficient (Wildman–Crippen LogP) is 3.24. The normalized spacial score (nSPS) is 11.3. The van der Waals surface area contributed by atoms with Crippen LogP contribution in [0.2, 0.25) is 0 Å². The molecule has 9 heteroatoms. The van der Waals surface area contributed by atoms with E-state index in [0.29, 0.717) is 0 Å². The van der Waals surface area contributed by atoms with Crippen LogP contribution in [0.25, 0.3) is 0 Å². The summed E-state index contributed by atoms with van der Waals surface area (Å²) in [5.74, 6) is -1.16. The fraction of sp³-hybridized carbons (Fsp3) is 0.130. The SMILES string of the molecule is CN(C)c1ccc(/C=N\NC(=O)CN(c2ccc(F)cc2)S(=O)(=O)c2ccccc2)cc1. The molecule has 1 amide bonds. The van der Waals surface area contributed by atoms with Crippen LogP contribution >= 0.6 is 0 Å². The lowest BCUT2D eigenvalue weighted by molar-refractivity contribution is -0.119. The molecule has 0 saturated carbocycles. The molecule has 0 saturated heterocycles. The van der Waals surface area contributed by atoms with Crippen LogP contribution in [0.1, 0.15) is 5.56 Å². The Labute approximate surface area is 186 Å². The lowest BCUT2D eigenvalue weighted by Gasteiger charge is -2.23. The van der Waals surface area contributed by atoms with Gasteiger partial charge in [-0.1, -0.05) is 30.3 Å². The largest absolute Gasteiger partial charge is 0.378 e. The van der Waals surface area contributed by atoms with Crippen LogP contribution < -0.4 is 14.6 Å². The molecule has 0 aliphatic carbocycles. The highest BCUT2D eigenvalue weighted by Crippen LogP contribution is 2.23. The molecule has 0 aromatic heterocycles. The van der Waals surface area contributed by atoms with Gasteiger partial charge in [0, 0.05) is 19.8 Å². The predicted molar refractivity (Wildman–Crippen MR) is 124 cm³/mol. The molecule has 0 aliphatic heterocycles. The van der Waals surface area contributed by atoms with Crippen LogP contribution in [-0.2, 0) is 14.8 Å². The molecule has 0 bridgehead atoms. The Morgan fingerprint density at radius 2 is 1.53 bits per heavy atom. The van der Waals surface area contributed by atoms with Crippen molar-refractivity contribution in [1.82, 2.24) is 5.43 Å². The molecule has 3 aromatic rings. The van der Waals surface area contributed by atoms with E-state index in [1.807, 2.05) is 43.3 Å². The van der Waals surface area contributed by atoms with Gasteiger partial charge in [-0.15, -0.1) is 0 Å². The van der Waals surface area contributed by atoms with E-state index >= 15 is 0 Å². The van der Waals surface area contributed by atoms with E-state index in [1.54, 1.807) is 18.2 Å². The van der Waals surface area contributed by atoms with E-state index in [0.717, 1.165) is 27.7 Å². The number of benzene rings is 3. The van der Waals surface area contributed by atoms with Crippen LogP contribution in [0.15, 0.2) is 88.9 Å². The second-order valence-corrected chi connectivity index (χ2v) is 8.94. The van der Waals surface area contributed by atoms with Crippen molar-refractivity contribution in [2.24, 2.45) is 5.10 Å². The van der Waals surface area contributed by atoms with Gasteiger partial charge in [0.25, 0.3) is 15.9 Å². The van der Waals surface area contributed by atoms with Gasteiger partial charge in [0.1, 0.15) is 12.4 Å². The Kier molecular flexibility index (Phi) is 7.21. The Balaban J connectivity index is 1.77. The van der Waals surface area contributed by atoms with Crippen molar-refractivity contribution in [2.75, 3.05) is 29.8 Å². The van der Waals surface area contributed by atoms with Crippen molar-refractivity contribution in [3.63, 3.8) is 0 Å². The zero-order valence-corrected chi connectivity index (χ0v) is 18.5. The fourth-order valence-electron chi connectivity index (χ4n) is 2.85. The molecule has 32 heavy (non-hydrogen) atoms. The highest BCUT2D eigenvalue weighted by atomic mass is 32.2. The molecule has 0 spiro atoms. The topological polar surface area (TPSA) is 82.1 Å². The Hall–Kier alpha value is -3.72. The van der Waals surface area contributed by atoms with Gasteiger partial charge in [-0.3, -0.25) is 9.10 Å². The smallest absolute Gasteiger partial charge is 0.264 e. The van der Waals surface area contributed by atoms with Crippen LogP contribution in [0, 0.1) is 5.82 Å². The third kappa shape index (κ3) is 5.70. The molecule has 3 aromatic carbocycles. The fourth-order valence-corrected chi connectivity index (χ4v) is 4.29. The summed E-state index contributed by atoms with van der Waals surface area (Å²) in [5, 5.41) is 3.91. The number of anilines is 2. The van der Waals surface area contributed by atoms with Crippen LogP contribution in [0.5, 0.6) is 0 Å². The number of nitrogens with one attached hydrogen (secondary N) is 1. The van der Waals surface area contributed by atoms with Gasteiger partial charge >= 0.3 is 0 Å². The average Bonchev–Trinajstić information content (AvgIpc) is 2.79. The molecule has 7 nitrogen and oxygen atoms in total. The number of sulfonamides is 1. The van der Waals surface area contributed by atoms with E-state index < -0.39 is 28.3 Å². The second-order valence-electron chi connectivity index (χ2n) is 7.08. The number of carbonyl (C=O) groups excluding carboxylic acids is 1. The van der Waals surface area contributed by atoms with Crippen molar-refractivity contribution in [2.45, 2.75) is 4.90 Å². The standard InChI is InChI=1S/C23H23FN4O3S/c1-27(2)20-12-8-18(9-13-20)16-25-26-23(29)17-28(21-14-10-19(24)11-15-21)32(30,31)22-6-4-3-5-7-22/h3-16H,17H2,1-2H3,(H,26,29)/b25-16-. The Morgan fingerprint density at radius 3 is 2.12 bits per heavy atom. The monoisotopic (exact) mass is 454 g/mol. The molecule has 0 radical (unpaired) electrons. The van der Waals surface area contributed by atoms with Crippen molar-refractivity contribution in [1.29, 1.82) is 0 Å². The van der Waals surface area contributed by atoms with Gasteiger partial charge in [-0.05, 0) is 54.1 Å². The third-order valence-corrected chi connectivity index (χ3v) is 6.33. The third-order valence-electron chi connectivity index (χ3n) is 4.55. The summed E-state index contributed by atoms with van der Waals surface area (Å²) in [5.41, 5.74) is 4.29. The van der Waals surface area contributed by atoms with Crippen molar-refractivity contribution < 1.29 is 17.6 Å². The first-order valence-electron chi connectivity index (χ1n) is 9.70. The Morgan fingerprint density at radius 1 is 0.938 bits per heavy atom. The molecule has 0 atom stereocenters. The zero-order valence-electron chi connectivity index (χ0n) is 17.6. The van der Waals surface area contributed by atoms with E-state index in [1.165, 1.54) is 30.5 Å². The number of carbonyl (C=O) groups is 1. The number of hydrazone groups is 1. The summed E-state index contributed by atoms with van der Waals surface area (Å²) < 4.78 is 40.6. The van der Waals surface area contributed by atoms with Gasteiger partial charge < -0.3 is 4.90 Å². The summed E-state index contributed by atoms with van der Waals surface area (Å²) in [6.07, 6.45) is 1.46. The number of halogens is 1. The number of hydrogen-bond acceptors (Lipinski definition) is 5. The minimum absolute atomic E-state index is 0.0154. The van der Waals surface area contributed by atoms with E-state index in [4.69, 9.17) is 0 Å². The first kappa shape index (κ1) is 23.0. The Bertz CT molecular complexity index is 1180. The molecule has 0 unspecified atom stereocenters. The minimum atomic E-state index is -4.06. The highest BCUT2D eigenvalue weighted by Gasteiger charge is 2.27. The van der Waals surface area contributed by atoms with Gasteiger partial charge in [0.2, 0.25) is 0 Å². The molecule has 3 rings (SSSR count). The highest BCUT2D eigenvalue weighted by molar-refractivity contribution is 7.92. The zero-order chi connectivity index (χ0) is 23.1. The molecule has 0 fully saturated rings. The van der Waals surface area contributed by atoms with Crippen LogP contribution in [-0.4, -0.2) is 41.2 Å². The summed E-state index contributed by atoms with van der Waals surface area (Å²) in [6, 6.07) is 20.1. The summed E-state index contributed by atoms with van der Waals surface area (Å²) in [4.78, 5) is 14.5. The molecule has 0 aliphatic rings. The van der Waals surface area contributed by atoms with E-state index in [9.17, 15) is 17.6 Å². The first-order chi connectivity index (χ1) is 15.3. The van der Waals surface area contributed by atoms with E-state index in [2.05, 4.69) is 10.5 Å². The van der Waals surface area contributed by atoms with Gasteiger partial charge in [0.05, 0.1) is 16.8 Å². The number of hydrogen-bond donors (Lipinski definition) is 1. The maximum absolute atomic E-state index is 13.4. The maximum atomic E-state index is 13.4. The molecule has 166 valence electrons. The quantitative estimate of drug-likeness (QED) is 0.419. The number of rotatable bonds is 8. The van der Waals surface area contributed by atoms with Crippen molar-refractivity contribution >= 4 is 33.5 Å². The number of nitrogens with zero attached hydrogens (tertiary/aromatic N) is 3. The average molecular weight is 455 g/mol. The van der Waals surface area contributed by atoms with Crippen molar-refractivity contribution in [3.8, 4) is 0 Å². The molecular formula is C23H23FN4O3S. The molecular weight excluding hydrogens is 431 g/mol. The van der Waals surface area contributed by atoms with Gasteiger partial charge in [-0.25, -0.2) is 18.2 Å². The lowest BCUT2D eigenvalue weighted by Crippen LogP contribution is -2.39.